The molecule has 0 bridgehead atoms. The number of anilines is 1. The van der Waals surface area contributed by atoms with Crippen molar-refractivity contribution in [1.82, 2.24) is 4.90 Å². The smallest absolute Gasteiger partial charge is 0.253 e. The van der Waals surface area contributed by atoms with Gasteiger partial charge in [-0.3, -0.25) is 9.59 Å². The third-order valence-corrected chi connectivity index (χ3v) is 5.76. The molecule has 1 saturated heterocycles. The SMILES string of the molecule is CCOc1ccc(C(=O)N2CCC3(C2)C(=O)N(C)c2ccc(OC)cc23)cc1. The molecule has 0 aromatic heterocycles. The Hall–Kier alpha value is -3.02. The van der Waals surface area contributed by atoms with Gasteiger partial charge in [0.1, 0.15) is 11.5 Å². The predicted octanol–water partition coefficient (Wildman–Crippen LogP) is 2.85. The molecule has 0 aliphatic carbocycles. The summed E-state index contributed by atoms with van der Waals surface area (Å²) in [5.74, 6) is 1.44. The second-order valence-corrected chi connectivity index (χ2v) is 7.26. The number of carbonyl (C=O) groups is 2. The molecule has 2 aliphatic heterocycles. The molecule has 1 atom stereocenters. The Kier molecular flexibility index (Phi) is 4.49. The monoisotopic (exact) mass is 380 g/mol. The maximum absolute atomic E-state index is 13.1. The molecule has 1 spiro atoms. The Morgan fingerprint density at radius 3 is 2.54 bits per heavy atom. The highest BCUT2D eigenvalue weighted by Crippen LogP contribution is 2.48. The van der Waals surface area contributed by atoms with E-state index in [4.69, 9.17) is 9.47 Å². The second kappa shape index (κ2) is 6.86. The molecule has 146 valence electrons. The molecule has 0 saturated carbocycles. The minimum absolute atomic E-state index is 0.0396. The molecular formula is C22H24N2O4. The van der Waals surface area contributed by atoms with Crippen LogP contribution >= 0.6 is 0 Å². The van der Waals surface area contributed by atoms with Crippen molar-refractivity contribution >= 4 is 17.5 Å². The summed E-state index contributed by atoms with van der Waals surface area (Å²) in [6.07, 6.45) is 0.610. The van der Waals surface area contributed by atoms with Crippen LogP contribution < -0.4 is 14.4 Å². The molecule has 2 aromatic carbocycles. The summed E-state index contributed by atoms with van der Waals surface area (Å²) in [4.78, 5) is 29.6. The van der Waals surface area contributed by atoms with Crippen LogP contribution in [-0.2, 0) is 10.2 Å². The zero-order valence-electron chi connectivity index (χ0n) is 16.4. The molecule has 6 heteroatoms. The van der Waals surface area contributed by atoms with Crippen LogP contribution in [0.5, 0.6) is 11.5 Å². The molecule has 0 N–H and O–H groups in total. The van der Waals surface area contributed by atoms with Crippen molar-refractivity contribution in [2.45, 2.75) is 18.8 Å². The zero-order chi connectivity index (χ0) is 19.9. The van der Waals surface area contributed by atoms with Crippen LogP contribution in [0.4, 0.5) is 5.69 Å². The average molecular weight is 380 g/mol. The highest BCUT2D eigenvalue weighted by Gasteiger charge is 2.54. The molecule has 2 aliphatic rings. The minimum Gasteiger partial charge on any atom is -0.497 e. The quantitative estimate of drug-likeness (QED) is 0.818. The van der Waals surface area contributed by atoms with E-state index in [0.29, 0.717) is 31.7 Å². The second-order valence-electron chi connectivity index (χ2n) is 7.26. The van der Waals surface area contributed by atoms with Crippen LogP contribution in [0.1, 0.15) is 29.3 Å². The first kappa shape index (κ1) is 18.3. The summed E-state index contributed by atoms with van der Waals surface area (Å²) < 4.78 is 10.8. The van der Waals surface area contributed by atoms with E-state index in [1.165, 1.54) is 0 Å². The van der Waals surface area contributed by atoms with Gasteiger partial charge in [-0.15, -0.1) is 0 Å². The van der Waals surface area contributed by atoms with Gasteiger partial charge in [-0.1, -0.05) is 0 Å². The lowest BCUT2D eigenvalue weighted by Gasteiger charge is -2.23. The first-order valence-corrected chi connectivity index (χ1v) is 9.49. The van der Waals surface area contributed by atoms with Crippen molar-refractivity contribution in [3.63, 3.8) is 0 Å². The lowest BCUT2D eigenvalue weighted by Crippen LogP contribution is -2.42. The van der Waals surface area contributed by atoms with E-state index in [1.807, 2.05) is 25.1 Å². The van der Waals surface area contributed by atoms with E-state index < -0.39 is 5.41 Å². The Labute approximate surface area is 164 Å². The van der Waals surface area contributed by atoms with E-state index >= 15 is 0 Å². The predicted molar refractivity (Wildman–Crippen MR) is 106 cm³/mol. The van der Waals surface area contributed by atoms with Crippen LogP contribution in [0.3, 0.4) is 0 Å². The Bertz CT molecular complexity index is 925. The molecule has 4 rings (SSSR count). The maximum atomic E-state index is 13.1. The maximum Gasteiger partial charge on any atom is 0.253 e. The van der Waals surface area contributed by atoms with Gasteiger partial charge in [0.2, 0.25) is 5.91 Å². The number of nitrogens with zero attached hydrogens (tertiary/aromatic N) is 2. The van der Waals surface area contributed by atoms with E-state index in [-0.39, 0.29) is 11.8 Å². The van der Waals surface area contributed by atoms with Crippen LogP contribution in [0.15, 0.2) is 42.5 Å². The number of likely N-dealkylation sites (tertiary alicyclic amines) is 1. The number of carbonyl (C=O) groups excluding carboxylic acids is 2. The van der Waals surface area contributed by atoms with Crippen molar-refractivity contribution in [3.05, 3.63) is 53.6 Å². The number of methoxy groups -OCH3 is 1. The summed E-state index contributed by atoms with van der Waals surface area (Å²) in [5, 5.41) is 0. The fourth-order valence-electron chi connectivity index (χ4n) is 4.28. The summed E-state index contributed by atoms with van der Waals surface area (Å²) in [7, 11) is 3.41. The highest BCUT2D eigenvalue weighted by atomic mass is 16.5. The number of likely N-dealkylation sites (N-methyl/N-ethyl adjacent to an activating group) is 1. The zero-order valence-corrected chi connectivity index (χ0v) is 16.4. The van der Waals surface area contributed by atoms with Gasteiger partial charge >= 0.3 is 0 Å². The van der Waals surface area contributed by atoms with E-state index in [9.17, 15) is 9.59 Å². The van der Waals surface area contributed by atoms with E-state index in [0.717, 1.165) is 22.7 Å². The molecule has 2 aromatic rings. The van der Waals surface area contributed by atoms with Crippen molar-refractivity contribution < 1.29 is 19.1 Å². The lowest BCUT2D eigenvalue weighted by atomic mass is 9.81. The van der Waals surface area contributed by atoms with Gasteiger partial charge in [-0.2, -0.15) is 0 Å². The number of hydrogen-bond donors (Lipinski definition) is 0. The first-order valence-electron chi connectivity index (χ1n) is 9.49. The first-order chi connectivity index (χ1) is 13.5. The van der Waals surface area contributed by atoms with Gasteiger partial charge in [-0.05, 0) is 61.4 Å². The third kappa shape index (κ3) is 2.71. The van der Waals surface area contributed by atoms with Crippen molar-refractivity contribution in [1.29, 1.82) is 0 Å². The Morgan fingerprint density at radius 2 is 1.86 bits per heavy atom. The van der Waals surface area contributed by atoms with Crippen LogP contribution in [0.25, 0.3) is 0 Å². The number of fused-ring (bicyclic) bond motifs is 2. The van der Waals surface area contributed by atoms with Crippen LogP contribution in [0, 0.1) is 0 Å². The van der Waals surface area contributed by atoms with Gasteiger partial charge in [0, 0.05) is 31.4 Å². The van der Waals surface area contributed by atoms with Gasteiger partial charge in [0.05, 0.1) is 19.1 Å². The van der Waals surface area contributed by atoms with E-state index in [2.05, 4.69) is 0 Å². The normalized spacial score (nSPS) is 20.6. The number of rotatable bonds is 4. The van der Waals surface area contributed by atoms with Crippen molar-refractivity contribution in [3.8, 4) is 11.5 Å². The van der Waals surface area contributed by atoms with Crippen molar-refractivity contribution in [2.24, 2.45) is 0 Å². The van der Waals surface area contributed by atoms with Gasteiger partial charge in [-0.25, -0.2) is 0 Å². The van der Waals surface area contributed by atoms with Crippen LogP contribution in [-0.4, -0.2) is 50.6 Å². The van der Waals surface area contributed by atoms with Gasteiger partial charge in [0.25, 0.3) is 5.91 Å². The molecule has 1 unspecified atom stereocenters. The fourth-order valence-corrected chi connectivity index (χ4v) is 4.28. The number of hydrogen-bond acceptors (Lipinski definition) is 4. The fraction of sp³-hybridized carbons (Fsp3) is 0.364. The molecule has 1 fully saturated rings. The molecule has 28 heavy (non-hydrogen) atoms. The summed E-state index contributed by atoms with van der Waals surface area (Å²) in [6, 6.07) is 12.9. The largest absolute Gasteiger partial charge is 0.497 e. The molecule has 0 radical (unpaired) electrons. The highest BCUT2D eigenvalue weighted by molar-refractivity contribution is 6.09. The number of ether oxygens (including phenoxy) is 2. The van der Waals surface area contributed by atoms with Gasteiger partial charge < -0.3 is 19.3 Å². The number of amides is 2. The van der Waals surface area contributed by atoms with Crippen LogP contribution in [0.2, 0.25) is 0 Å². The summed E-state index contributed by atoms with van der Waals surface area (Å²) >= 11 is 0. The standard InChI is InChI=1S/C22H24N2O4/c1-4-28-16-7-5-15(6-8-16)20(25)24-12-11-22(14-24)18-13-17(27-3)9-10-19(18)23(2)21(22)26/h5-10,13H,4,11-12,14H2,1-3H3. The Morgan fingerprint density at radius 1 is 1.14 bits per heavy atom. The summed E-state index contributed by atoms with van der Waals surface area (Å²) in [5.41, 5.74) is 1.74. The molecule has 2 amide bonds. The summed E-state index contributed by atoms with van der Waals surface area (Å²) in [6.45, 7) is 3.43. The van der Waals surface area contributed by atoms with E-state index in [1.54, 1.807) is 48.2 Å². The molecular weight excluding hydrogens is 356 g/mol. The average Bonchev–Trinajstić information content (AvgIpc) is 3.26. The van der Waals surface area contributed by atoms with Gasteiger partial charge in [0.15, 0.2) is 0 Å². The minimum atomic E-state index is -0.695. The Balaban J connectivity index is 1.61. The molecule has 6 nitrogen and oxygen atoms in total. The third-order valence-electron chi connectivity index (χ3n) is 5.76. The molecule has 2 heterocycles. The van der Waals surface area contributed by atoms with Crippen molar-refractivity contribution in [2.75, 3.05) is 38.8 Å². The lowest BCUT2D eigenvalue weighted by molar-refractivity contribution is -0.122. The topological polar surface area (TPSA) is 59.1 Å². The number of benzene rings is 2.